The number of benzene rings is 1. The summed E-state index contributed by atoms with van der Waals surface area (Å²) in [5, 5.41) is 25.7. The Bertz CT molecular complexity index is 2120. The van der Waals surface area contributed by atoms with Gasteiger partial charge in [-0.2, -0.15) is 5.10 Å². The van der Waals surface area contributed by atoms with Crippen molar-refractivity contribution in [3.63, 3.8) is 0 Å². The van der Waals surface area contributed by atoms with Crippen molar-refractivity contribution in [2.24, 2.45) is 11.3 Å². The highest BCUT2D eigenvalue weighted by Crippen LogP contribution is 2.31. The number of oxazole rings is 1. The second-order valence-electron chi connectivity index (χ2n) is 16.6. The van der Waals surface area contributed by atoms with E-state index in [9.17, 15) is 33.1 Å². The third kappa shape index (κ3) is 10.5. The highest BCUT2D eigenvalue weighted by atomic mass is 19.3. The number of nitrogens with zero attached hydrogens (tertiary/aromatic N) is 5. The Balaban J connectivity index is 1.07. The molecule has 16 nitrogen and oxygen atoms in total. The van der Waals surface area contributed by atoms with Gasteiger partial charge >= 0.3 is 6.09 Å². The molecule has 6 rings (SSSR count). The van der Waals surface area contributed by atoms with Gasteiger partial charge in [0.2, 0.25) is 17.7 Å². The number of carbonyl (C=O) groups excluding carboxylic acids is 4. The number of hydrogen-bond donors (Lipinski definition) is 5. The average molecular weight is 806 g/mol. The number of hydrogen-bond acceptors (Lipinski definition) is 11. The number of alkyl halides is 2. The fourth-order valence-electron chi connectivity index (χ4n) is 6.32. The molecular weight excluding hydrogens is 756 g/mol. The van der Waals surface area contributed by atoms with Gasteiger partial charge in [-0.05, 0) is 74.8 Å². The van der Waals surface area contributed by atoms with Crippen LogP contribution in [0.1, 0.15) is 89.0 Å². The molecule has 0 unspecified atom stereocenters. The van der Waals surface area contributed by atoms with Gasteiger partial charge in [-0.3, -0.25) is 14.4 Å². The molecule has 3 atom stereocenters. The molecule has 18 heteroatoms. The van der Waals surface area contributed by atoms with Crippen molar-refractivity contribution in [1.29, 1.82) is 0 Å². The molecule has 0 spiro atoms. The molecule has 4 amide bonds. The zero-order valence-electron chi connectivity index (χ0n) is 33.2. The van der Waals surface area contributed by atoms with Gasteiger partial charge in [-0.1, -0.05) is 32.9 Å². The summed E-state index contributed by atoms with van der Waals surface area (Å²) < 4.78 is 40.3. The van der Waals surface area contributed by atoms with E-state index in [2.05, 4.69) is 36.3 Å². The fourth-order valence-corrected chi connectivity index (χ4v) is 6.32. The van der Waals surface area contributed by atoms with Crippen molar-refractivity contribution in [3.8, 4) is 17.1 Å². The third-order valence-electron chi connectivity index (χ3n) is 9.52. The van der Waals surface area contributed by atoms with Crippen LogP contribution in [0.4, 0.5) is 25.1 Å². The number of aliphatic hydroxyl groups is 1. The highest BCUT2D eigenvalue weighted by Gasteiger charge is 2.45. The van der Waals surface area contributed by atoms with E-state index in [-0.39, 0.29) is 36.8 Å². The monoisotopic (exact) mass is 805 g/mol. The van der Waals surface area contributed by atoms with E-state index < -0.39 is 65.1 Å². The number of rotatable bonds is 13. The molecule has 310 valence electrons. The average Bonchev–Trinajstić information content (AvgIpc) is 3.49. The number of alkyl carbamates (subject to hydrolysis) is 1. The molecule has 1 saturated carbocycles. The van der Waals surface area contributed by atoms with Gasteiger partial charge in [0.1, 0.15) is 29.8 Å². The molecule has 5 N–H and O–H groups in total. The van der Waals surface area contributed by atoms with Crippen LogP contribution in [0.5, 0.6) is 0 Å². The Morgan fingerprint density at radius 1 is 1.05 bits per heavy atom. The van der Waals surface area contributed by atoms with Gasteiger partial charge in [0.15, 0.2) is 11.4 Å². The van der Waals surface area contributed by atoms with Crippen LogP contribution in [0.25, 0.3) is 17.1 Å². The van der Waals surface area contributed by atoms with E-state index in [4.69, 9.17) is 9.15 Å². The molecule has 1 aliphatic carbocycles. The Morgan fingerprint density at radius 2 is 1.78 bits per heavy atom. The Hall–Kier alpha value is -5.91. The summed E-state index contributed by atoms with van der Waals surface area (Å²) >= 11 is 0. The maximum atomic E-state index is 14.1. The first kappa shape index (κ1) is 41.7. The van der Waals surface area contributed by atoms with Crippen LogP contribution < -0.4 is 21.3 Å². The predicted molar refractivity (Wildman–Crippen MR) is 208 cm³/mol. The van der Waals surface area contributed by atoms with Crippen molar-refractivity contribution in [2.75, 3.05) is 23.7 Å². The summed E-state index contributed by atoms with van der Waals surface area (Å²) in [6.07, 6.45) is 1.64. The molecule has 1 aromatic carbocycles. The molecule has 3 aromatic heterocycles. The SMILES string of the molecule is CC(C)(C)OC(=O)N[C@H](C(=O)N1C[C@H](O)C[C@H]1C(=O)NCc1ccc(-n2cc(NC(=O)c3coc(-c4ccnc(NCC5CC5)c4)n3)c(C(F)F)n2)cc1)C(C)(C)C. The van der Waals surface area contributed by atoms with Crippen LogP contribution in [0.3, 0.4) is 0 Å². The highest BCUT2D eigenvalue weighted by molar-refractivity contribution is 6.03. The number of nitrogens with one attached hydrogen (secondary N) is 4. The van der Waals surface area contributed by atoms with Crippen molar-refractivity contribution in [3.05, 3.63) is 72.0 Å². The summed E-state index contributed by atoms with van der Waals surface area (Å²) in [5.74, 6) is -0.352. The van der Waals surface area contributed by atoms with E-state index in [1.54, 1.807) is 84.1 Å². The maximum absolute atomic E-state index is 14.1. The number of halogens is 2. The number of aromatic nitrogens is 4. The summed E-state index contributed by atoms with van der Waals surface area (Å²) in [7, 11) is 0. The number of ether oxygens (including phenoxy) is 1. The number of aliphatic hydroxyl groups excluding tert-OH is 1. The largest absolute Gasteiger partial charge is 0.444 e. The summed E-state index contributed by atoms with van der Waals surface area (Å²) in [4.78, 5) is 62.7. The lowest BCUT2D eigenvalue weighted by Gasteiger charge is -2.35. The maximum Gasteiger partial charge on any atom is 0.408 e. The van der Waals surface area contributed by atoms with Crippen molar-refractivity contribution in [1.82, 2.24) is 35.3 Å². The minimum atomic E-state index is -3.01. The smallest absolute Gasteiger partial charge is 0.408 e. The summed E-state index contributed by atoms with van der Waals surface area (Å²) in [6.45, 7) is 11.2. The van der Waals surface area contributed by atoms with Crippen LogP contribution in [0.15, 0.2) is 59.5 Å². The van der Waals surface area contributed by atoms with Gasteiger partial charge in [0.05, 0.1) is 23.7 Å². The van der Waals surface area contributed by atoms with Gasteiger partial charge in [0, 0.05) is 37.8 Å². The number of pyridine rings is 1. The van der Waals surface area contributed by atoms with Crippen LogP contribution in [-0.2, 0) is 20.9 Å². The number of anilines is 2. The Labute approximate surface area is 334 Å². The number of β-amino-alcohol motifs (C(OH)–C–C–N with tert-alkyl or cyclic N) is 1. The zero-order valence-corrected chi connectivity index (χ0v) is 33.2. The molecule has 2 aliphatic rings. The first-order chi connectivity index (χ1) is 27.3. The molecule has 58 heavy (non-hydrogen) atoms. The predicted octanol–water partition coefficient (Wildman–Crippen LogP) is 5.45. The number of carbonyl (C=O) groups is 4. The lowest BCUT2D eigenvalue weighted by molar-refractivity contribution is -0.142. The molecule has 1 saturated heterocycles. The van der Waals surface area contributed by atoms with Crippen molar-refractivity contribution < 1.29 is 42.2 Å². The van der Waals surface area contributed by atoms with Crippen LogP contribution in [0, 0.1) is 11.3 Å². The molecule has 2 fully saturated rings. The van der Waals surface area contributed by atoms with E-state index in [1.807, 2.05) is 0 Å². The van der Waals surface area contributed by atoms with Gasteiger partial charge in [-0.25, -0.2) is 28.2 Å². The minimum Gasteiger partial charge on any atom is -0.444 e. The summed E-state index contributed by atoms with van der Waals surface area (Å²) in [6, 6.07) is 7.93. The van der Waals surface area contributed by atoms with E-state index >= 15 is 0 Å². The molecule has 0 bridgehead atoms. The van der Waals surface area contributed by atoms with Gasteiger partial charge in [-0.15, -0.1) is 0 Å². The lowest BCUT2D eigenvalue weighted by Crippen LogP contribution is -2.58. The molecule has 1 aliphatic heterocycles. The van der Waals surface area contributed by atoms with E-state index in [0.29, 0.717) is 28.6 Å². The van der Waals surface area contributed by atoms with E-state index in [1.165, 1.54) is 28.6 Å². The van der Waals surface area contributed by atoms with Gasteiger partial charge in [0.25, 0.3) is 12.3 Å². The third-order valence-corrected chi connectivity index (χ3v) is 9.52. The first-order valence-corrected chi connectivity index (χ1v) is 19.0. The lowest BCUT2D eigenvalue weighted by atomic mass is 9.85. The van der Waals surface area contributed by atoms with Crippen LogP contribution >= 0.6 is 0 Å². The minimum absolute atomic E-state index is 0.00584. The van der Waals surface area contributed by atoms with Gasteiger partial charge < -0.3 is 40.4 Å². The summed E-state index contributed by atoms with van der Waals surface area (Å²) in [5.41, 5.74) is -0.909. The first-order valence-electron chi connectivity index (χ1n) is 19.0. The molecule has 4 aromatic rings. The van der Waals surface area contributed by atoms with Crippen molar-refractivity contribution in [2.45, 2.75) is 97.6 Å². The second-order valence-corrected chi connectivity index (χ2v) is 16.6. The molecule has 4 heterocycles. The number of likely N-dealkylation sites (tertiary alicyclic amines) is 1. The second kappa shape index (κ2) is 16.9. The Kier molecular flexibility index (Phi) is 12.2. The quantitative estimate of drug-likeness (QED) is 0.115. The molecular formula is C40H49F2N9O7. The Morgan fingerprint density at radius 3 is 2.43 bits per heavy atom. The topological polar surface area (TPSA) is 206 Å². The van der Waals surface area contributed by atoms with E-state index in [0.717, 1.165) is 12.8 Å². The van der Waals surface area contributed by atoms with Crippen molar-refractivity contribution >= 4 is 35.3 Å². The zero-order chi connectivity index (χ0) is 41.9. The van der Waals surface area contributed by atoms with Crippen LogP contribution in [-0.4, -0.2) is 90.4 Å². The molecule has 0 radical (unpaired) electrons. The number of amides is 4. The van der Waals surface area contributed by atoms with Crippen LogP contribution in [0.2, 0.25) is 0 Å². The normalized spacial score (nSPS) is 17.5. The fraction of sp³-hybridized carbons (Fsp3) is 0.475. The standard InChI is InChI=1S/C40H49F2N9O7/c1-39(2,3)32(48-38(56)58-40(4,5)6)37(55)50-19-26(52)16-29(50)35(54)45-18-23-9-11-25(12-10-23)51-20-27(31(49-51)33(41)42)46-34(53)28-21-57-36(47-28)24-13-14-43-30(15-24)44-17-22-7-8-22/h9-15,20-22,26,29,32-33,52H,7-8,16-19H2,1-6H3,(H,43,44)(H,45,54)(H,46,53)(H,48,56)/t26-,29+,32-/m1/s1.